The quantitative estimate of drug-likeness (QED) is 0.633. The molecule has 0 aliphatic carbocycles. The molecular formula is C14H13ClN2O3. The second kappa shape index (κ2) is 6.77. The number of benzene rings is 1. The predicted octanol–water partition coefficient (Wildman–Crippen LogP) is 2.92. The van der Waals surface area contributed by atoms with E-state index in [0.717, 1.165) is 5.75 Å². The fourth-order valence-corrected chi connectivity index (χ4v) is 1.78. The van der Waals surface area contributed by atoms with E-state index in [2.05, 4.69) is 10.3 Å². The molecule has 0 aliphatic rings. The topological polar surface area (TPSA) is 71.5 Å². The van der Waals surface area contributed by atoms with Gasteiger partial charge in [0.1, 0.15) is 23.3 Å². The Bertz CT molecular complexity index is 590. The van der Waals surface area contributed by atoms with Crippen molar-refractivity contribution >= 4 is 23.4 Å². The van der Waals surface area contributed by atoms with Crippen LogP contribution < -0.4 is 10.1 Å². The van der Waals surface area contributed by atoms with Crippen molar-refractivity contribution in [3.63, 3.8) is 0 Å². The van der Waals surface area contributed by atoms with Crippen molar-refractivity contribution < 1.29 is 14.6 Å². The molecule has 0 radical (unpaired) electrons. The van der Waals surface area contributed by atoms with Crippen LogP contribution in [0.15, 0.2) is 42.5 Å². The molecule has 0 saturated carbocycles. The molecule has 2 N–H and O–H groups in total. The Morgan fingerprint density at radius 2 is 2.05 bits per heavy atom. The van der Waals surface area contributed by atoms with Gasteiger partial charge in [-0.05, 0) is 24.3 Å². The lowest BCUT2D eigenvalue weighted by Crippen LogP contribution is -2.13. The molecule has 0 saturated heterocycles. The van der Waals surface area contributed by atoms with E-state index in [0.29, 0.717) is 19.0 Å². The zero-order valence-corrected chi connectivity index (χ0v) is 11.3. The van der Waals surface area contributed by atoms with Gasteiger partial charge in [0.25, 0.3) is 0 Å². The molecule has 104 valence electrons. The number of aromatic nitrogens is 1. The minimum absolute atomic E-state index is 0.0940. The molecule has 2 rings (SSSR count). The van der Waals surface area contributed by atoms with Crippen LogP contribution in [0.5, 0.6) is 5.75 Å². The number of ether oxygens (including phenoxy) is 1. The molecule has 1 heterocycles. The average molecular weight is 293 g/mol. The number of carboxylic acid groups (broad SMARTS) is 1. The van der Waals surface area contributed by atoms with Gasteiger partial charge in [-0.2, -0.15) is 0 Å². The molecule has 6 heteroatoms. The summed E-state index contributed by atoms with van der Waals surface area (Å²) < 4.78 is 5.50. The van der Waals surface area contributed by atoms with E-state index < -0.39 is 5.97 Å². The highest BCUT2D eigenvalue weighted by atomic mass is 35.5. The zero-order chi connectivity index (χ0) is 14.4. The maximum absolute atomic E-state index is 10.9. The second-order valence-corrected chi connectivity index (χ2v) is 4.34. The lowest BCUT2D eigenvalue weighted by Gasteiger charge is -2.08. The number of rotatable bonds is 6. The van der Waals surface area contributed by atoms with Crippen LogP contribution >= 0.6 is 11.6 Å². The molecule has 0 aliphatic heterocycles. The number of anilines is 1. The minimum atomic E-state index is -1.04. The summed E-state index contributed by atoms with van der Waals surface area (Å²) >= 11 is 5.76. The third kappa shape index (κ3) is 4.13. The monoisotopic (exact) mass is 292 g/mol. The highest BCUT2D eigenvalue weighted by Crippen LogP contribution is 2.14. The Balaban J connectivity index is 1.86. The van der Waals surface area contributed by atoms with Gasteiger partial charge in [-0.15, -0.1) is 0 Å². The maximum atomic E-state index is 10.9. The SMILES string of the molecule is O=C(O)c1cc(Cl)nc(NCCOc2ccccc2)c1. The Labute approximate surface area is 121 Å². The van der Waals surface area contributed by atoms with Gasteiger partial charge in [0, 0.05) is 0 Å². The van der Waals surface area contributed by atoms with Gasteiger partial charge >= 0.3 is 5.97 Å². The predicted molar refractivity (Wildman–Crippen MR) is 76.6 cm³/mol. The van der Waals surface area contributed by atoms with Crippen molar-refractivity contribution in [2.75, 3.05) is 18.5 Å². The van der Waals surface area contributed by atoms with E-state index in [4.69, 9.17) is 21.4 Å². The molecular weight excluding hydrogens is 280 g/mol. The molecule has 1 aromatic heterocycles. The van der Waals surface area contributed by atoms with Crippen molar-refractivity contribution in [3.8, 4) is 5.75 Å². The van der Waals surface area contributed by atoms with Gasteiger partial charge in [0.05, 0.1) is 12.1 Å². The van der Waals surface area contributed by atoms with Crippen LogP contribution in [0.1, 0.15) is 10.4 Å². The van der Waals surface area contributed by atoms with Crippen molar-refractivity contribution in [2.45, 2.75) is 0 Å². The van der Waals surface area contributed by atoms with Gasteiger partial charge in [-0.25, -0.2) is 9.78 Å². The smallest absolute Gasteiger partial charge is 0.335 e. The Morgan fingerprint density at radius 1 is 1.30 bits per heavy atom. The molecule has 1 aromatic carbocycles. The van der Waals surface area contributed by atoms with Crippen molar-refractivity contribution in [3.05, 3.63) is 53.2 Å². The summed E-state index contributed by atoms with van der Waals surface area (Å²) in [6.07, 6.45) is 0. The normalized spacial score (nSPS) is 10.1. The first-order valence-corrected chi connectivity index (χ1v) is 6.35. The molecule has 0 bridgehead atoms. The van der Waals surface area contributed by atoms with Crippen molar-refractivity contribution in [1.82, 2.24) is 4.98 Å². The zero-order valence-electron chi connectivity index (χ0n) is 10.5. The first-order chi connectivity index (χ1) is 9.65. The largest absolute Gasteiger partial charge is 0.492 e. The number of pyridine rings is 1. The summed E-state index contributed by atoms with van der Waals surface area (Å²) in [6, 6.07) is 12.1. The summed E-state index contributed by atoms with van der Waals surface area (Å²) in [7, 11) is 0. The van der Waals surface area contributed by atoms with Gasteiger partial charge in [0.15, 0.2) is 0 Å². The molecule has 2 aromatic rings. The van der Waals surface area contributed by atoms with E-state index in [1.165, 1.54) is 12.1 Å². The Morgan fingerprint density at radius 3 is 2.75 bits per heavy atom. The van der Waals surface area contributed by atoms with E-state index in [9.17, 15) is 4.79 Å². The van der Waals surface area contributed by atoms with Gasteiger partial charge in [-0.1, -0.05) is 29.8 Å². The van der Waals surface area contributed by atoms with Crippen LogP contribution in [-0.2, 0) is 0 Å². The molecule has 0 fully saturated rings. The molecule has 0 unspecified atom stereocenters. The first kappa shape index (κ1) is 14.1. The van der Waals surface area contributed by atoms with Gasteiger partial charge in [0.2, 0.25) is 0 Å². The number of nitrogens with one attached hydrogen (secondary N) is 1. The molecule has 5 nitrogen and oxygen atoms in total. The Kier molecular flexibility index (Phi) is 4.79. The van der Waals surface area contributed by atoms with Crippen molar-refractivity contribution in [2.24, 2.45) is 0 Å². The number of para-hydroxylation sites is 1. The minimum Gasteiger partial charge on any atom is -0.492 e. The summed E-state index contributed by atoms with van der Waals surface area (Å²) in [5.74, 6) is 0.143. The number of carboxylic acids is 1. The fourth-order valence-electron chi connectivity index (χ4n) is 1.58. The van der Waals surface area contributed by atoms with E-state index in [1.54, 1.807) is 0 Å². The molecule has 20 heavy (non-hydrogen) atoms. The van der Waals surface area contributed by atoms with Crippen LogP contribution in [0.3, 0.4) is 0 Å². The number of hydrogen-bond donors (Lipinski definition) is 2. The number of carbonyl (C=O) groups is 1. The number of hydrogen-bond acceptors (Lipinski definition) is 4. The van der Waals surface area contributed by atoms with Crippen LogP contribution in [0.4, 0.5) is 5.82 Å². The average Bonchev–Trinajstić information content (AvgIpc) is 2.44. The molecule has 0 atom stereocenters. The molecule has 0 spiro atoms. The molecule has 0 amide bonds. The lowest BCUT2D eigenvalue weighted by atomic mass is 10.2. The van der Waals surface area contributed by atoms with Crippen molar-refractivity contribution in [1.29, 1.82) is 0 Å². The summed E-state index contributed by atoms with van der Waals surface area (Å²) in [5.41, 5.74) is 0.0940. The fraction of sp³-hybridized carbons (Fsp3) is 0.143. The van der Waals surface area contributed by atoms with Crippen LogP contribution in [-0.4, -0.2) is 29.2 Å². The first-order valence-electron chi connectivity index (χ1n) is 5.98. The van der Waals surface area contributed by atoms with Crippen LogP contribution in [0, 0.1) is 0 Å². The van der Waals surface area contributed by atoms with E-state index in [1.807, 2.05) is 30.3 Å². The second-order valence-electron chi connectivity index (χ2n) is 3.96. The number of aromatic carboxylic acids is 1. The third-order valence-electron chi connectivity index (χ3n) is 2.46. The van der Waals surface area contributed by atoms with Crippen LogP contribution in [0.25, 0.3) is 0 Å². The Hall–Kier alpha value is -2.27. The highest BCUT2D eigenvalue weighted by Gasteiger charge is 2.07. The number of halogens is 1. The maximum Gasteiger partial charge on any atom is 0.335 e. The highest BCUT2D eigenvalue weighted by molar-refractivity contribution is 6.29. The van der Waals surface area contributed by atoms with E-state index >= 15 is 0 Å². The summed E-state index contributed by atoms with van der Waals surface area (Å²) in [5, 5.41) is 12.0. The van der Waals surface area contributed by atoms with E-state index in [-0.39, 0.29) is 10.7 Å². The summed E-state index contributed by atoms with van der Waals surface area (Å²) in [4.78, 5) is 14.9. The third-order valence-corrected chi connectivity index (χ3v) is 2.65. The van der Waals surface area contributed by atoms with Crippen LogP contribution in [0.2, 0.25) is 5.15 Å². The van der Waals surface area contributed by atoms with Gasteiger partial charge in [-0.3, -0.25) is 0 Å². The summed E-state index contributed by atoms with van der Waals surface area (Å²) in [6.45, 7) is 0.919. The number of nitrogens with zero attached hydrogens (tertiary/aromatic N) is 1. The lowest BCUT2D eigenvalue weighted by molar-refractivity contribution is 0.0697. The van der Waals surface area contributed by atoms with Gasteiger partial charge < -0.3 is 15.2 Å². The standard InChI is InChI=1S/C14H13ClN2O3/c15-12-8-10(14(18)19)9-13(17-12)16-6-7-20-11-4-2-1-3-5-11/h1-5,8-9H,6-7H2,(H,16,17)(H,18,19).